The lowest BCUT2D eigenvalue weighted by Gasteiger charge is -2.33. The molecule has 2 N–H and O–H groups in total. The van der Waals surface area contributed by atoms with Crippen molar-refractivity contribution in [3.8, 4) is 22.6 Å². The molecule has 0 saturated carbocycles. The van der Waals surface area contributed by atoms with Crippen LogP contribution in [-0.4, -0.2) is 17.1 Å². The smallest absolute Gasteiger partial charge is 0.121 e. The minimum atomic E-state index is -0.707. The maximum atomic E-state index is 6.40. The van der Waals surface area contributed by atoms with Crippen molar-refractivity contribution in [2.45, 2.75) is 12.0 Å². The van der Waals surface area contributed by atoms with Gasteiger partial charge in [0.1, 0.15) is 18.1 Å². The highest BCUT2D eigenvalue weighted by Gasteiger charge is 2.35. The average Bonchev–Trinajstić information content (AvgIpc) is 2.93. The molecular weight excluding hydrogens is 446 g/mol. The molecule has 1 aliphatic heterocycles. The van der Waals surface area contributed by atoms with E-state index in [1.807, 2.05) is 67.0 Å². The van der Waals surface area contributed by atoms with Crippen LogP contribution in [0.15, 0.2) is 104 Å². The number of nitrogen functional groups attached to an aromatic ring is 1. The van der Waals surface area contributed by atoms with Gasteiger partial charge in [-0.1, -0.05) is 30.3 Å². The van der Waals surface area contributed by atoms with E-state index < -0.39 is 5.41 Å². The van der Waals surface area contributed by atoms with Gasteiger partial charge in [0.2, 0.25) is 0 Å². The van der Waals surface area contributed by atoms with E-state index in [9.17, 15) is 0 Å². The number of rotatable bonds is 3. The zero-order valence-corrected chi connectivity index (χ0v) is 19.9. The Kier molecular flexibility index (Phi) is 5.19. The zero-order chi connectivity index (χ0) is 24.7. The van der Waals surface area contributed by atoms with Crippen molar-refractivity contribution < 1.29 is 9.47 Å². The van der Waals surface area contributed by atoms with Gasteiger partial charge in [-0.05, 0) is 70.3 Å². The first-order valence-corrected chi connectivity index (χ1v) is 11.8. The normalized spacial score (nSPS) is 16.4. The van der Waals surface area contributed by atoms with E-state index in [4.69, 9.17) is 20.2 Å². The number of hydrogen-bond donors (Lipinski definition) is 1. The number of benzene rings is 3. The van der Waals surface area contributed by atoms with Gasteiger partial charge >= 0.3 is 0 Å². The second-order valence-electron chi connectivity index (χ2n) is 8.95. The van der Waals surface area contributed by atoms with Crippen LogP contribution in [0.3, 0.4) is 0 Å². The van der Waals surface area contributed by atoms with E-state index >= 15 is 0 Å². The van der Waals surface area contributed by atoms with E-state index in [0.717, 1.165) is 55.8 Å². The molecule has 2 aromatic heterocycles. The second kappa shape index (κ2) is 8.54. The lowest BCUT2D eigenvalue weighted by atomic mass is 9.70. The quantitative estimate of drug-likeness (QED) is 0.247. The van der Waals surface area contributed by atoms with E-state index in [-0.39, 0.29) is 0 Å². The number of ether oxygens (including phenoxy) is 2. The Morgan fingerprint density at radius 3 is 2.69 bits per heavy atom. The van der Waals surface area contributed by atoms with Crippen LogP contribution >= 0.6 is 0 Å². The number of pyridine rings is 2. The number of hydrogen-bond acceptors (Lipinski definition) is 5. The van der Waals surface area contributed by atoms with Crippen molar-refractivity contribution in [2.75, 3.05) is 12.8 Å². The van der Waals surface area contributed by atoms with Crippen molar-refractivity contribution >= 4 is 16.6 Å². The van der Waals surface area contributed by atoms with Gasteiger partial charge in [0, 0.05) is 41.3 Å². The number of nitrogens with two attached hydrogens (primary N) is 1. The Morgan fingerprint density at radius 1 is 0.972 bits per heavy atom. The van der Waals surface area contributed by atoms with Crippen LogP contribution in [0.5, 0.6) is 11.5 Å². The van der Waals surface area contributed by atoms with Crippen LogP contribution in [0.1, 0.15) is 22.3 Å². The van der Waals surface area contributed by atoms with E-state index in [2.05, 4.69) is 35.8 Å². The van der Waals surface area contributed by atoms with Crippen molar-refractivity contribution in [1.82, 2.24) is 9.97 Å². The van der Waals surface area contributed by atoms with Crippen LogP contribution in [-0.2, 0) is 12.0 Å². The molecular formula is C31H25N3O2. The lowest BCUT2D eigenvalue weighted by molar-refractivity contribution is 0.307. The zero-order valence-electron chi connectivity index (χ0n) is 19.9. The Balaban J connectivity index is 1.75. The summed E-state index contributed by atoms with van der Waals surface area (Å²) in [6.45, 7) is 4.65. The monoisotopic (exact) mass is 471 g/mol. The molecule has 0 saturated heterocycles. The van der Waals surface area contributed by atoms with Crippen LogP contribution in [0.4, 0.5) is 5.69 Å². The summed E-state index contributed by atoms with van der Waals surface area (Å²) in [4.78, 5) is 9.35. The minimum Gasteiger partial charge on any atom is -0.497 e. The van der Waals surface area contributed by atoms with Crippen LogP contribution in [0, 0.1) is 0 Å². The molecule has 0 spiro atoms. The Hall–Kier alpha value is -4.64. The summed E-state index contributed by atoms with van der Waals surface area (Å²) in [5.74, 6) is 1.51. The van der Waals surface area contributed by atoms with Gasteiger partial charge in [0.05, 0.1) is 18.0 Å². The average molecular weight is 472 g/mol. The number of aromatic nitrogens is 2. The number of fused-ring (bicyclic) bond motifs is 6. The highest BCUT2D eigenvalue weighted by molar-refractivity contribution is 5.96. The summed E-state index contributed by atoms with van der Waals surface area (Å²) < 4.78 is 11.8. The first-order valence-electron chi connectivity index (χ1n) is 11.8. The van der Waals surface area contributed by atoms with E-state index in [1.165, 1.54) is 0 Å². The van der Waals surface area contributed by atoms with Gasteiger partial charge in [0.25, 0.3) is 0 Å². The van der Waals surface area contributed by atoms with Crippen LogP contribution in [0.2, 0.25) is 0 Å². The number of allylic oxidation sites excluding steroid dienone is 1. The molecule has 0 amide bonds. The van der Waals surface area contributed by atoms with Crippen molar-refractivity contribution in [3.63, 3.8) is 0 Å². The minimum absolute atomic E-state index is 0.340. The predicted octanol–water partition coefficient (Wildman–Crippen LogP) is 6.30. The van der Waals surface area contributed by atoms with Crippen LogP contribution < -0.4 is 15.2 Å². The maximum Gasteiger partial charge on any atom is 0.121 e. The first-order chi connectivity index (χ1) is 17.6. The summed E-state index contributed by atoms with van der Waals surface area (Å²) in [6.07, 6.45) is 7.54. The molecule has 6 rings (SSSR count). The second-order valence-corrected chi connectivity index (χ2v) is 8.95. The molecule has 6 bridgehead atoms. The third kappa shape index (κ3) is 3.40. The summed E-state index contributed by atoms with van der Waals surface area (Å²) in [5, 5.41) is 1.01. The summed E-state index contributed by atoms with van der Waals surface area (Å²) >= 11 is 0. The van der Waals surface area contributed by atoms with Crippen molar-refractivity contribution in [2.24, 2.45) is 0 Å². The highest BCUT2D eigenvalue weighted by Crippen LogP contribution is 2.43. The van der Waals surface area contributed by atoms with Gasteiger partial charge in [-0.25, -0.2) is 0 Å². The topological polar surface area (TPSA) is 70.3 Å². The molecule has 1 atom stereocenters. The molecule has 0 aliphatic carbocycles. The summed E-state index contributed by atoms with van der Waals surface area (Å²) in [7, 11) is 1.67. The molecule has 176 valence electrons. The fraction of sp³-hybridized carbons (Fsp3) is 0.0968. The van der Waals surface area contributed by atoms with Gasteiger partial charge in [-0.2, -0.15) is 0 Å². The van der Waals surface area contributed by atoms with Crippen molar-refractivity contribution in [1.29, 1.82) is 0 Å². The Bertz CT molecular complexity index is 1610. The molecule has 5 heteroatoms. The van der Waals surface area contributed by atoms with Gasteiger partial charge in [-0.3, -0.25) is 9.97 Å². The molecule has 3 heterocycles. The molecule has 5 aromatic rings. The summed E-state index contributed by atoms with van der Waals surface area (Å²) in [6, 6.07) is 24.4. The van der Waals surface area contributed by atoms with E-state index in [1.54, 1.807) is 13.3 Å². The Labute approximate surface area is 209 Å². The SMILES string of the molecule is C=CC1(c2cccnc2)c2ccc(N)c(c2)COc2cccc(c2)-c2cc(OC)cc3ncc1cc23. The fourth-order valence-electron chi connectivity index (χ4n) is 5.11. The third-order valence-electron chi connectivity index (χ3n) is 7.03. The fourth-order valence-corrected chi connectivity index (χ4v) is 5.11. The lowest BCUT2D eigenvalue weighted by Crippen LogP contribution is -2.27. The number of nitrogens with zero attached hydrogens (tertiary/aromatic N) is 2. The van der Waals surface area contributed by atoms with E-state index in [0.29, 0.717) is 12.3 Å². The van der Waals surface area contributed by atoms with Crippen molar-refractivity contribution in [3.05, 3.63) is 126 Å². The molecule has 0 fully saturated rings. The van der Waals surface area contributed by atoms with Gasteiger partial charge in [0.15, 0.2) is 0 Å². The Morgan fingerprint density at radius 2 is 1.89 bits per heavy atom. The summed E-state index contributed by atoms with van der Waals surface area (Å²) in [5.41, 5.74) is 13.1. The molecule has 3 aromatic carbocycles. The standard InChI is InChI=1S/C31H25N3O2/c1-3-31(23-7-5-11-33-17-23)22-9-10-29(32)21(12-22)19-36-25-8-4-6-20(13-25)27-15-26(35-2)16-30-28(27)14-24(31)18-34-30/h3-18H,1,19,32H2,2H3. The predicted molar refractivity (Wildman–Crippen MR) is 143 cm³/mol. The first kappa shape index (κ1) is 21.9. The van der Waals surface area contributed by atoms with Crippen LogP contribution in [0.25, 0.3) is 22.0 Å². The molecule has 36 heavy (non-hydrogen) atoms. The van der Waals surface area contributed by atoms with Gasteiger partial charge < -0.3 is 15.2 Å². The largest absolute Gasteiger partial charge is 0.497 e. The molecule has 5 nitrogen and oxygen atoms in total. The molecule has 1 unspecified atom stereocenters. The molecule has 1 aliphatic rings. The van der Waals surface area contributed by atoms with Gasteiger partial charge in [-0.15, -0.1) is 6.58 Å². The number of methoxy groups -OCH3 is 1. The molecule has 0 radical (unpaired) electrons. The third-order valence-corrected chi connectivity index (χ3v) is 7.03. The number of anilines is 1. The highest BCUT2D eigenvalue weighted by atomic mass is 16.5. The maximum absolute atomic E-state index is 6.40.